The van der Waals surface area contributed by atoms with Crippen molar-refractivity contribution in [3.05, 3.63) is 41.1 Å². The van der Waals surface area contributed by atoms with E-state index in [0.717, 1.165) is 27.3 Å². The van der Waals surface area contributed by atoms with Crippen LogP contribution in [0.3, 0.4) is 0 Å². The maximum Gasteiger partial charge on any atom is 0.326 e. The molecule has 0 fully saturated rings. The second kappa shape index (κ2) is 4.73. The highest BCUT2D eigenvalue weighted by molar-refractivity contribution is 7.13. The molecule has 1 atom stereocenters. The molecule has 102 valence electrons. The minimum atomic E-state index is -1.10. The predicted octanol–water partition coefficient (Wildman–Crippen LogP) is 2.95. The van der Waals surface area contributed by atoms with Crippen molar-refractivity contribution in [3.8, 4) is 10.6 Å². The van der Waals surface area contributed by atoms with Crippen LogP contribution in [0.25, 0.3) is 21.5 Å². The summed E-state index contributed by atoms with van der Waals surface area (Å²) in [6, 6.07) is 6.59. The number of fused-ring (bicyclic) bond motifs is 1. The standard InChI is InChI=1S/C14H12N2O3S/c1-7-11(8-4-2-3-5-10(8)19-7)13-16-9(6-20-13)12(15)14(17)18/h2-6,12H,15H2,1H3,(H,17,18). The second-order valence-electron chi connectivity index (χ2n) is 4.42. The van der Waals surface area contributed by atoms with Gasteiger partial charge in [-0.2, -0.15) is 0 Å². The number of para-hydroxylation sites is 1. The lowest BCUT2D eigenvalue weighted by Crippen LogP contribution is -2.20. The topological polar surface area (TPSA) is 89.4 Å². The number of carbonyl (C=O) groups is 1. The molecule has 6 heteroatoms. The number of nitrogens with two attached hydrogens (primary N) is 1. The summed E-state index contributed by atoms with van der Waals surface area (Å²) in [6.07, 6.45) is 0. The van der Waals surface area contributed by atoms with Gasteiger partial charge in [0.1, 0.15) is 22.4 Å². The predicted molar refractivity (Wildman–Crippen MR) is 76.6 cm³/mol. The number of carboxylic acid groups (broad SMARTS) is 1. The third-order valence-electron chi connectivity index (χ3n) is 3.09. The van der Waals surface area contributed by atoms with E-state index in [2.05, 4.69) is 4.98 Å². The van der Waals surface area contributed by atoms with Gasteiger partial charge in [0.2, 0.25) is 0 Å². The first-order chi connectivity index (χ1) is 9.58. The first kappa shape index (κ1) is 12.8. The van der Waals surface area contributed by atoms with E-state index < -0.39 is 12.0 Å². The average molecular weight is 288 g/mol. The molecule has 2 aromatic heterocycles. The Morgan fingerprint density at radius 3 is 2.95 bits per heavy atom. The van der Waals surface area contributed by atoms with Gasteiger partial charge in [0, 0.05) is 10.8 Å². The number of furan rings is 1. The van der Waals surface area contributed by atoms with E-state index in [1.807, 2.05) is 31.2 Å². The Kier molecular flexibility index (Phi) is 3.04. The largest absolute Gasteiger partial charge is 0.480 e. The van der Waals surface area contributed by atoms with E-state index in [9.17, 15) is 4.79 Å². The molecule has 1 aromatic carbocycles. The van der Waals surface area contributed by atoms with Crippen LogP contribution in [-0.4, -0.2) is 16.1 Å². The Morgan fingerprint density at radius 2 is 2.20 bits per heavy atom. The number of carboxylic acids is 1. The summed E-state index contributed by atoms with van der Waals surface area (Å²) in [5.41, 5.74) is 7.63. The minimum Gasteiger partial charge on any atom is -0.480 e. The van der Waals surface area contributed by atoms with Crippen molar-refractivity contribution in [1.29, 1.82) is 0 Å². The molecule has 0 aliphatic heterocycles. The summed E-state index contributed by atoms with van der Waals surface area (Å²) in [4.78, 5) is 15.2. The smallest absolute Gasteiger partial charge is 0.326 e. The van der Waals surface area contributed by atoms with Crippen LogP contribution in [0.4, 0.5) is 0 Å². The lowest BCUT2D eigenvalue weighted by molar-refractivity contribution is -0.138. The van der Waals surface area contributed by atoms with Gasteiger partial charge in [-0.15, -0.1) is 11.3 Å². The lowest BCUT2D eigenvalue weighted by atomic mass is 10.1. The fourth-order valence-electron chi connectivity index (χ4n) is 2.10. The van der Waals surface area contributed by atoms with Crippen molar-refractivity contribution in [2.45, 2.75) is 13.0 Å². The van der Waals surface area contributed by atoms with Crippen molar-refractivity contribution in [2.75, 3.05) is 0 Å². The van der Waals surface area contributed by atoms with Crippen LogP contribution in [0.2, 0.25) is 0 Å². The van der Waals surface area contributed by atoms with Crippen LogP contribution in [-0.2, 0) is 4.79 Å². The highest BCUT2D eigenvalue weighted by atomic mass is 32.1. The molecule has 20 heavy (non-hydrogen) atoms. The van der Waals surface area contributed by atoms with Crippen LogP contribution < -0.4 is 5.73 Å². The van der Waals surface area contributed by atoms with E-state index >= 15 is 0 Å². The summed E-state index contributed by atoms with van der Waals surface area (Å²) in [7, 11) is 0. The molecule has 0 spiro atoms. The van der Waals surface area contributed by atoms with E-state index in [4.69, 9.17) is 15.3 Å². The third kappa shape index (κ3) is 1.99. The molecule has 0 amide bonds. The zero-order chi connectivity index (χ0) is 14.3. The molecule has 3 rings (SSSR count). The summed E-state index contributed by atoms with van der Waals surface area (Å²) in [5, 5.41) is 12.3. The van der Waals surface area contributed by atoms with E-state index in [-0.39, 0.29) is 0 Å². The van der Waals surface area contributed by atoms with Gasteiger partial charge in [-0.25, -0.2) is 4.98 Å². The summed E-state index contributed by atoms with van der Waals surface area (Å²) < 4.78 is 5.69. The number of rotatable bonds is 3. The fourth-order valence-corrected chi connectivity index (χ4v) is 3.07. The van der Waals surface area contributed by atoms with Crippen molar-refractivity contribution < 1.29 is 14.3 Å². The molecule has 1 unspecified atom stereocenters. The van der Waals surface area contributed by atoms with Gasteiger partial charge >= 0.3 is 5.97 Å². The van der Waals surface area contributed by atoms with Crippen LogP contribution in [0.5, 0.6) is 0 Å². The second-order valence-corrected chi connectivity index (χ2v) is 5.28. The van der Waals surface area contributed by atoms with Crippen molar-refractivity contribution in [3.63, 3.8) is 0 Å². The Hall–Kier alpha value is -2.18. The third-order valence-corrected chi connectivity index (χ3v) is 3.97. The molecule has 0 aliphatic rings. The van der Waals surface area contributed by atoms with Gasteiger partial charge < -0.3 is 15.3 Å². The highest BCUT2D eigenvalue weighted by Crippen LogP contribution is 2.36. The number of benzene rings is 1. The molecule has 0 saturated heterocycles. The summed E-state index contributed by atoms with van der Waals surface area (Å²) >= 11 is 1.37. The van der Waals surface area contributed by atoms with Crippen molar-refractivity contribution in [2.24, 2.45) is 5.73 Å². The zero-order valence-corrected chi connectivity index (χ0v) is 11.5. The van der Waals surface area contributed by atoms with Crippen LogP contribution in [0.1, 0.15) is 17.5 Å². The fraction of sp³-hybridized carbons (Fsp3) is 0.143. The molecular weight excluding hydrogens is 276 g/mol. The van der Waals surface area contributed by atoms with Crippen LogP contribution in [0, 0.1) is 6.92 Å². The molecule has 3 N–H and O–H groups in total. The van der Waals surface area contributed by atoms with E-state index in [0.29, 0.717) is 5.69 Å². The monoisotopic (exact) mass is 288 g/mol. The van der Waals surface area contributed by atoms with Crippen LogP contribution >= 0.6 is 11.3 Å². The zero-order valence-electron chi connectivity index (χ0n) is 10.7. The first-order valence-corrected chi connectivity index (χ1v) is 6.88. The van der Waals surface area contributed by atoms with Gasteiger partial charge in [-0.05, 0) is 13.0 Å². The van der Waals surface area contributed by atoms with Gasteiger partial charge in [0.05, 0.1) is 11.3 Å². The molecule has 3 aromatic rings. The molecule has 0 saturated carbocycles. The van der Waals surface area contributed by atoms with Crippen LogP contribution in [0.15, 0.2) is 34.1 Å². The Labute approximate surface area is 118 Å². The Bertz CT molecular complexity index is 791. The maximum absolute atomic E-state index is 10.9. The Balaban J connectivity index is 2.12. The molecule has 0 bridgehead atoms. The first-order valence-electron chi connectivity index (χ1n) is 6.00. The maximum atomic E-state index is 10.9. The lowest BCUT2D eigenvalue weighted by Gasteiger charge is -2.00. The van der Waals surface area contributed by atoms with E-state index in [1.165, 1.54) is 11.3 Å². The Morgan fingerprint density at radius 1 is 1.45 bits per heavy atom. The summed E-state index contributed by atoms with van der Waals surface area (Å²) in [6.45, 7) is 1.87. The van der Waals surface area contributed by atoms with Gasteiger partial charge in [0.25, 0.3) is 0 Å². The number of thiazole rings is 1. The number of aromatic nitrogens is 1. The normalized spacial score (nSPS) is 12.7. The number of hydrogen-bond acceptors (Lipinski definition) is 5. The quantitative estimate of drug-likeness (QED) is 0.773. The van der Waals surface area contributed by atoms with Gasteiger partial charge in [0.15, 0.2) is 0 Å². The minimum absolute atomic E-state index is 0.363. The van der Waals surface area contributed by atoms with E-state index in [1.54, 1.807) is 5.38 Å². The summed E-state index contributed by atoms with van der Waals surface area (Å²) in [5.74, 6) is -0.327. The number of aliphatic carboxylic acids is 1. The number of hydrogen-bond donors (Lipinski definition) is 2. The number of aryl methyl sites for hydroxylation is 1. The van der Waals surface area contributed by atoms with Gasteiger partial charge in [-0.1, -0.05) is 18.2 Å². The van der Waals surface area contributed by atoms with Crippen molar-refractivity contribution >= 4 is 28.3 Å². The molecule has 2 heterocycles. The van der Waals surface area contributed by atoms with Crippen molar-refractivity contribution in [1.82, 2.24) is 4.98 Å². The molecule has 0 radical (unpaired) electrons. The van der Waals surface area contributed by atoms with Gasteiger partial charge in [-0.3, -0.25) is 4.79 Å². The molecule has 5 nitrogen and oxygen atoms in total. The highest BCUT2D eigenvalue weighted by Gasteiger charge is 2.21. The SMILES string of the molecule is Cc1oc2ccccc2c1-c1nc(C(N)C(=O)O)cs1. The molecular formula is C14H12N2O3S. The molecule has 0 aliphatic carbocycles. The number of nitrogens with zero attached hydrogens (tertiary/aromatic N) is 1. The average Bonchev–Trinajstić information content (AvgIpc) is 3.00.